The zero-order valence-corrected chi connectivity index (χ0v) is 17.9. The van der Waals surface area contributed by atoms with E-state index in [-0.39, 0.29) is 29.9 Å². The first kappa shape index (κ1) is 21.5. The number of aliphatic imine (C=N–C) groups is 1. The van der Waals surface area contributed by atoms with Crippen molar-refractivity contribution in [3.63, 3.8) is 0 Å². The van der Waals surface area contributed by atoms with Gasteiger partial charge >= 0.3 is 0 Å². The number of hydrogen-bond donors (Lipinski definition) is 2. The van der Waals surface area contributed by atoms with Crippen molar-refractivity contribution in [2.45, 2.75) is 46.1 Å². The number of carbonyl (C=O) groups is 1. The fourth-order valence-electron chi connectivity index (χ4n) is 3.45. The van der Waals surface area contributed by atoms with Gasteiger partial charge in [-0.05, 0) is 53.1 Å². The fourth-order valence-corrected chi connectivity index (χ4v) is 3.45. The Bertz CT molecular complexity index is 435. The molecule has 2 fully saturated rings. The van der Waals surface area contributed by atoms with E-state index in [1.165, 1.54) is 32.4 Å². The third-order valence-corrected chi connectivity index (χ3v) is 4.92. The summed E-state index contributed by atoms with van der Waals surface area (Å²) in [6.45, 7) is 11.9. The predicted octanol–water partition coefficient (Wildman–Crippen LogP) is 1.51. The van der Waals surface area contributed by atoms with Crippen molar-refractivity contribution in [3.8, 4) is 0 Å². The highest BCUT2D eigenvalue weighted by atomic mass is 127. The molecule has 140 valence electrons. The van der Waals surface area contributed by atoms with Gasteiger partial charge in [0.15, 0.2) is 5.96 Å². The maximum atomic E-state index is 11.9. The molecule has 2 heterocycles. The fraction of sp³-hybridized carbons (Fsp3) is 0.882. The molecular weight excluding hydrogens is 417 g/mol. The summed E-state index contributed by atoms with van der Waals surface area (Å²) < 4.78 is 0. The van der Waals surface area contributed by atoms with Crippen LogP contribution in [-0.4, -0.2) is 74.0 Å². The second-order valence-electron chi connectivity index (χ2n) is 7.26. The molecular formula is C17H34IN5O. The number of carbonyl (C=O) groups excluding carboxylic acids is 1. The third kappa shape index (κ3) is 5.47. The molecule has 2 N–H and O–H groups in total. The number of amides is 1. The molecule has 1 unspecified atom stereocenters. The van der Waals surface area contributed by atoms with E-state index in [1.807, 2.05) is 13.8 Å². The van der Waals surface area contributed by atoms with Crippen LogP contribution in [0.3, 0.4) is 0 Å². The second-order valence-corrected chi connectivity index (χ2v) is 7.26. The quantitative estimate of drug-likeness (QED) is 0.378. The SMILES string of the molecule is CCNC(=NCC(C)(C)C(=O)NC)N1CCC(N2CCCC2)C1.I. The summed E-state index contributed by atoms with van der Waals surface area (Å²) in [6, 6.07) is 0.660. The molecule has 24 heavy (non-hydrogen) atoms. The molecule has 2 aliphatic heterocycles. The first-order chi connectivity index (χ1) is 11.0. The Labute approximate surface area is 163 Å². The van der Waals surface area contributed by atoms with Gasteiger partial charge in [-0.25, -0.2) is 0 Å². The van der Waals surface area contributed by atoms with Gasteiger partial charge in [-0.15, -0.1) is 24.0 Å². The first-order valence-corrected chi connectivity index (χ1v) is 8.97. The first-order valence-electron chi connectivity index (χ1n) is 8.97. The van der Waals surface area contributed by atoms with Crippen molar-refractivity contribution in [1.82, 2.24) is 20.4 Å². The highest BCUT2D eigenvalue weighted by Crippen LogP contribution is 2.21. The number of guanidine groups is 1. The van der Waals surface area contributed by atoms with E-state index in [0.717, 1.165) is 25.6 Å². The highest BCUT2D eigenvalue weighted by molar-refractivity contribution is 14.0. The Hall–Kier alpha value is -0.570. The molecule has 2 rings (SSSR count). The number of likely N-dealkylation sites (tertiary alicyclic amines) is 2. The molecule has 6 nitrogen and oxygen atoms in total. The van der Waals surface area contributed by atoms with E-state index in [1.54, 1.807) is 7.05 Å². The third-order valence-electron chi connectivity index (χ3n) is 4.92. The van der Waals surface area contributed by atoms with E-state index >= 15 is 0 Å². The molecule has 1 atom stereocenters. The summed E-state index contributed by atoms with van der Waals surface area (Å²) in [6.07, 6.45) is 3.89. The smallest absolute Gasteiger partial charge is 0.227 e. The molecule has 0 radical (unpaired) electrons. The van der Waals surface area contributed by atoms with Gasteiger partial charge in [0.05, 0.1) is 12.0 Å². The normalized spacial score (nSPS) is 22.4. The summed E-state index contributed by atoms with van der Waals surface area (Å²) in [5.41, 5.74) is -0.483. The minimum Gasteiger partial charge on any atom is -0.359 e. The summed E-state index contributed by atoms with van der Waals surface area (Å²) >= 11 is 0. The summed E-state index contributed by atoms with van der Waals surface area (Å²) in [5.74, 6) is 0.986. The van der Waals surface area contributed by atoms with Gasteiger partial charge in [0.2, 0.25) is 5.91 Å². The molecule has 2 aliphatic rings. The molecule has 7 heteroatoms. The van der Waals surface area contributed by atoms with E-state index in [2.05, 4.69) is 27.4 Å². The summed E-state index contributed by atoms with van der Waals surface area (Å²) in [4.78, 5) is 21.7. The van der Waals surface area contributed by atoms with E-state index in [9.17, 15) is 4.79 Å². The highest BCUT2D eigenvalue weighted by Gasteiger charge is 2.31. The van der Waals surface area contributed by atoms with Crippen molar-refractivity contribution in [3.05, 3.63) is 0 Å². The number of hydrogen-bond acceptors (Lipinski definition) is 3. The predicted molar refractivity (Wildman–Crippen MR) is 110 cm³/mol. The van der Waals surface area contributed by atoms with Gasteiger partial charge in [-0.1, -0.05) is 0 Å². The zero-order chi connectivity index (χ0) is 16.9. The Balaban J connectivity index is 0.00000288. The molecule has 0 aromatic heterocycles. The molecule has 2 saturated heterocycles. The Morgan fingerprint density at radius 2 is 1.92 bits per heavy atom. The lowest BCUT2D eigenvalue weighted by molar-refractivity contribution is -0.128. The van der Waals surface area contributed by atoms with Crippen molar-refractivity contribution >= 4 is 35.8 Å². The summed E-state index contributed by atoms with van der Waals surface area (Å²) in [7, 11) is 1.68. The van der Waals surface area contributed by atoms with E-state index in [4.69, 9.17) is 4.99 Å². The van der Waals surface area contributed by atoms with Crippen molar-refractivity contribution in [2.24, 2.45) is 10.4 Å². The molecule has 0 aromatic carbocycles. The average Bonchev–Trinajstić information content (AvgIpc) is 3.20. The Kier molecular flexibility index (Phi) is 8.76. The Morgan fingerprint density at radius 3 is 2.50 bits per heavy atom. The van der Waals surface area contributed by atoms with Crippen LogP contribution in [0.5, 0.6) is 0 Å². The lowest BCUT2D eigenvalue weighted by Crippen LogP contribution is -2.44. The van der Waals surface area contributed by atoms with Crippen LogP contribution in [-0.2, 0) is 4.79 Å². The van der Waals surface area contributed by atoms with Crippen molar-refractivity contribution < 1.29 is 4.79 Å². The summed E-state index contributed by atoms with van der Waals surface area (Å²) in [5, 5.41) is 6.12. The molecule has 1 amide bonds. The van der Waals surface area contributed by atoms with Crippen LogP contribution in [0.2, 0.25) is 0 Å². The topological polar surface area (TPSA) is 60.0 Å². The van der Waals surface area contributed by atoms with Gasteiger partial charge in [0.25, 0.3) is 0 Å². The van der Waals surface area contributed by atoms with Crippen LogP contribution in [0.15, 0.2) is 4.99 Å². The molecule has 0 aliphatic carbocycles. The zero-order valence-electron chi connectivity index (χ0n) is 15.6. The number of rotatable bonds is 5. The van der Waals surface area contributed by atoms with Crippen LogP contribution in [0, 0.1) is 5.41 Å². The van der Waals surface area contributed by atoms with Gasteiger partial charge in [0, 0.05) is 32.7 Å². The average molecular weight is 451 g/mol. The van der Waals surface area contributed by atoms with Gasteiger partial charge < -0.3 is 15.5 Å². The van der Waals surface area contributed by atoms with Gasteiger partial charge in [-0.3, -0.25) is 14.7 Å². The maximum Gasteiger partial charge on any atom is 0.227 e. The molecule has 0 spiro atoms. The largest absolute Gasteiger partial charge is 0.359 e. The number of nitrogens with zero attached hydrogens (tertiary/aromatic N) is 3. The van der Waals surface area contributed by atoms with Crippen LogP contribution in [0.4, 0.5) is 0 Å². The maximum absolute atomic E-state index is 11.9. The lowest BCUT2D eigenvalue weighted by Gasteiger charge is -2.26. The molecule has 0 saturated carbocycles. The van der Waals surface area contributed by atoms with Crippen LogP contribution < -0.4 is 10.6 Å². The van der Waals surface area contributed by atoms with Crippen LogP contribution >= 0.6 is 24.0 Å². The number of nitrogens with one attached hydrogen (secondary N) is 2. The minimum atomic E-state index is -0.483. The van der Waals surface area contributed by atoms with Crippen molar-refractivity contribution in [1.29, 1.82) is 0 Å². The molecule has 0 bridgehead atoms. The standard InChI is InChI=1S/C17H33N5O.HI/c1-5-19-16(20-13-17(2,3)15(23)18-4)22-11-8-14(12-22)21-9-6-7-10-21;/h14H,5-13H2,1-4H3,(H,18,23)(H,19,20);1H. The molecule has 0 aromatic rings. The van der Waals surface area contributed by atoms with Gasteiger partial charge in [-0.2, -0.15) is 0 Å². The van der Waals surface area contributed by atoms with E-state index in [0.29, 0.717) is 12.6 Å². The van der Waals surface area contributed by atoms with Gasteiger partial charge in [0.1, 0.15) is 0 Å². The lowest BCUT2D eigenvalue weighted by atomic mass is 9.93. The minimum absolute atomic E-state index is 0. The number of halogens is 1. The van der Waals surface area contributed by atoms with Crippen LogP contribution in [0.1, 0.15) is 40.0 Å². The Morgan fingerprint density at radius 1 is 1.25 bits per heavy atom. The van der Waals surface area contributed by atoms with Crippen molar-refractivity contribution in [2.75, 3.05) is 46.3 Å². The monoisotopic (exact) mass is 451 g/mol. The van der Waals surface area contributed by atoms with Crippen LogP contribution in [0.25, 0.3) is 0 Å². The van der Waals surface area contributed by atoms with E-state index < -0.39 is 5.41 Å². The second kappa shape index (κ2) is 9.79.